The van der Waals surface area contributed by atoms with Gasteiger partial charge in [0.05, 0.1) is 17.6 Å². The van der Waals surface area contributed by atoms with Crippen LogP contribution in [0.3, 0.4) is 0 Å². The molecule has 0 unspecified atom stereocenters. The summed E-state index contributed by atoms with van der Waals surface area (Å²) in [4.78, 5) is 17.2. The Bertz CT molecular complexity index is 1220. The number of aryl methyl sites for hydroxylation is 3. The molecule has 0 fully saturated rings. The van der Waals surface area contributed by atoms with Gasteiger partial charge in [-0.2, -0.15) is 0 Å². The largest absolute Gasteiger partial charge is 0.494 e. The van der Waals surface area contributed by atoms with Crippen LogP contribution in [-0.2, 0) is 13.0 Å². The number of hydrogen-bond donors (Lipinski definition) is 1. The predicted octanol–water partition coefficient (Wildman–Crippen LogP) is 6.33. The van der Waals surface area contributed by atoms with Crippen molar-refractivity contribution in [3.8, 4) is 5.75 Å². The number of hydrogen-bond acceptors (Lipinski definition) is 3. The van der Waals surface area contributed by atoms with E-state index in [0.717, 1.165) is 59.3 Å². The number of para-hydroxylation sites is 2. The van der Waals surface area contributed by atoms with Gasteiger partial charge in [-0.1, -0.05) is 45.8 Å². The molecule has 0 aliphatic rings. The third-order valence-electron chi connectivity index (χ3n) is 5.77. The Kier molecular flexibility index (Phi) is 8.36. The van der Waals surface area contributed by atoms with Crippen molar-refractivity contribution in [2.24, 2.45) is 0 Å². The summed E-state index contributed by atoms with van der Waals surface area (Å²) in [5.41, 5.74) is 4.09. The van der Waals surface area contributed by atoms with Crippen molar-refractivity contribution in [2.45, 2.75) is 39.2 Å². The van der Waals surface area contributed by atoms with E-state index in [9.17, 15) is 4.79 Å². The average molecular weight is 520 g/mol. The maximum atomic E-state index is 12.3. The first-order valence-corrected chi connectivity index (χ1v) is 12.6. The molecule has 1 aromatic heterocycles. The van der Waals surface area contributed by atoms with Crippen LogP contribution in [0.25, 0.3) is 11.0 Å². The lowest BCUT2D eigenvalue weighted by Crippen LogP contribution is -2.25. The van der Waals surface area contributed by atoms with Gasteiger partial charge in [-0.05, 0) is 74.7 Å². The van der Waals surface area contributed by atoms with E-state index in [1.807, 2.05) is 42.5 Å². The lowest BCUT2D eigenvalue weighted by molar-refractivity contribution is 0.0953. The topological polar surface area (TPSA) is 56.1 Å². The highest BCUT2D eigenvalue weighted by Crippen LogP contribution is 2.19. The van der Waals surface area contributed by atoms with Crippen LogP contribution in [0, 0.1) is 6.92 Å². The van der Waals surface area contributed by atoms with Crippen molar-refractivity contribution in [1.29, 1.82) is 0 Å². The lowest BCUT2D eigenvalue weighted by atomic mass is 10.2. The summed E-state index contributed by atoms with van der Waals surface area (Å²) < 4.78 is 9.16. The van der Waals surface area contributed by atoms with Gasteiger partial charge < -0.3 is 14.6 Å². The highest BCUT2D eigenvalue weighted by Gasteiger charge is 2.11. The number of carbonyl (C=O) groups is 1. The van der Waals surface area contributed by atoms with Crippen LogP contribution < -0.4 is 10.1 Å². The molecule has 0 aliphatic heterocycles. The van der Waals surface area contributed by atoms with Crippen LogP contribution in [0.5, 0.6) is 5.75 Å². The summed E-state index contributed by atoms with van der Waals surface area (Å²) in [6.45, 7) is 4.29. The second kappa shape index (κ2) is 11.8. The molecule has 34 heavy (non-hydrogen) atoms. The second-order valence-electron chi connectivity index (χ2n) is 8.40. The number of halogens is 1. The molecule has 176 valence electrons. The predicted molar refractivity (Wildman–Crippen MR) is 140 cm³/mol. The standard InChI is InChI=1S/C28H30BrN3O2/c1-21-10-16-24(17-11-21)34-20-5-4-19-32-26-8-3-2-7-25(26)31-27(32)9-6-18-30-28(33)22-12-14-23(29)15-13-22/h2-3,7-8,10-17H,4-6,9,18-20H2,1H3,(H,30,33). The van der Waals surface area contributed by atoms with Gasteiger partial charge >= 0.3 is 0 Å². The zero-order valence-electron chi connectivity index (χ0n) is 19.5. The average Bonchev–Trinajstić information content (AvgIpc) is 3.20. The van der Waals surface area contributed by atoms with Crippen molar-refractivity contribution in [2.75, 3.05) is 13.2 Å². The van der Waals surface area contributed by atoms with Crippen LogP contribution in [0.4, 0.5) is 0 Å². The number of aromatic nitrogens is 2. The van der Waals surface area contributed by atoms with E-state index in [2.05, 4.69) is 63.1 Å². The highest BCUT2D eigenvalue weighted by molar-refractivity contribution is 9.10. The summed E-state index contributed by atoms with van der Waals surface area (Å²) in [6, 6.07) is 23.9. The van der Waals surface area contributed by atoms with Gasteiger partial charge in [-0.25, -0.2) is 4.98 Å². The SMILES string of the molecule is Cc1ccc(OCCCCn2c(CCCNC(=O)c3ccc(Br)cc3)nc3ccccc32)cc1. The molecule has 1 amide bonds. The number of rotatable bonds is 11. The molecule has 0 saturated heterocycles. The Morgan fingerprint density at radius 2 is 1.74 bits per heavy atom. The van der Waals surface area contributed by atoms with Gasteiger partial charge in [0.2, 0.25) is 0 Å². The Balaban J connectivity index is 1.28. The number of ether oxygens (including phenoxy) is 1. The third kappa shape index (κ3) is 6.48. The molecule has 5 nitrogen and oxygen atoms in total. The number of imidazole rings is 1. The van der Waals surface area contributed by atoms with Crippen LogP contribution in [-0.4, -0.2) is 28.6 Å². The first-order valence-electron chi connectivity index (χ1n) is 11.8. The fourth-order valence-corrected chi connectivity index (χ4v) is 4.18. The smallest absolute Gasteiger partial charge is 0.251 e. The number of amides is 1. The molecule has 1 heterocycles. The molecule has 0 atom stereocenters. The molecule has 1 N–H and O–H groups in total. The molecular weight excluding hydrogens is 490 g/mol. The number of fused-ring (bicyclic) bond motifs is 1. The third-order valence-corrected chi connectivity index (χ3v) is 6.30. The Labute approximate surface area is 209 Å². The first kappa shape index (κ1) is 24.0. The van der Waals surface area contributed by atoms with E-state index in [1.165, 1.54) is 5.56 Å². The summed E-state index contributed by atoms with van der Waals surface area (Å²) in [5.74, 6) is 1.94. The van der Waals surface area contributed by atoms with Crippen LogP contribution >= 0.6 is 15.9 Å². The van der Waals surface area contributed by atoms with Crippen molar-refractivity contribution in [3.05, 3.63) is 94.2 Å². The van der Waals surface area contributed by atoms with E-state index in [0.29, 0.717) is 18.7 Å². The fraction of sp³-hybridized carbons (Fsp3) is 0.286. The summed E-state index contributed by atoms with van der Waals surface area (Å²) in [5, 5.41) is 3.01. The molecule has 0 aliphatic carbocycles. The van der Waals surface area contributed by atoms with Crippen LogP contribution in [0.2, 0.25) is 0 Å². The molecule has 4 aromatic rings. The molecule has 0 radical (unpaired) electrons. The number of nitrogens with zero attached hydrogens (tertiary/aromatic N) is 2. The molecule has 4 rings (SSSR count). The normalized spacial score (nSPS) is 11.0. The van der Waals surface area contributed by atoms with E-state index in [-0.39, 0.29) is 5.91 Å². The minimum atomic E-state index is -0.0467. The Morgan fingerprint density at radius 1 is 0.971 bits per heavy atom. The monoisotopic (exact) mass is 519 g/mol. The number of carbonyl (C=O) groups excluding carboxylic acids is 1. The van der Waals surface area contributed by atoms with Gasteiger partial charge in [0, 0.05) is 29.5 Å². The van der Waals surface area contributed by atoms with Crippen molar-refractivity contribution in [1.82, 2.24) is 14.9 Å². The quantitative estimate of drug-likeness (QED) is 0.235. The Hall–Kier alpha value is -3.12. The van der Waals surface area contributed by atoms with Gasteiger partial charge in [0.15, 0.2) is 0 Å². The highest BCUT2D eigenvalue weighted by atomic mass is 79.9. The van der Waals surface area contributed by atoms with Gasteiger partial charge in [-0.15, -0.1) is 0 Å². The van der Waals surface area contributed by atoms with E-state index in [1.54, 1.807) is 0 Å². The van der Waals surface area contributed by atoms with Crippen molar-refractivity contribution in [3.63, 3.8) is 0 Å². The van der Waals surface area contributed by atoms with Crippen LogP contribution in [0.1, 0.15) is 41.0 Å². The lowest BCUT2D eigenvalue weighted by Gasteiger charge is -2.11. The molecule has 6 heteroatoms. The second-order valence-corrected chi connectivity index (χ2v) is 9.32. The summed E-state index contributed by atoms with van der Waals surface area (Å²) >= 11 is 3.40. The van der Waals surface area contributed by atoms with E-state index < -0.39 is 0 Å². The fourth-order valence-electron chi connectivity index (χ4n) is 3.91. The number of unbranched alkanes of at least 4 members (excludes halogenated alkanes) is 1. The number of benzene rings is 3. The Morgan fingerprint density at radius 3 is 2.53 bits per heavy atom. The first-order chi connectivity index (χ1) is 16.6. The minimum absolute atomic E-state index is 0.0467. The zero-order valence-corrected chi connectivity index (χ0v) is 21.1. The van der Waals surface area contributed by atoms with Crippen molar-refractivity contribution >= 4 is 32.9 Å². The summed E-state index contributed by atoms with van der Waals surface area (Å²) in [7, 11) is 0. The maximum Gasteiger partial charge on any atom is 0.251 e. The molecule has 3 aromatic carbocycles. The van der Waals surface area contributed by atoms with E-state index >= 15 is 0 Å². The molecule has 0 saturated carbocycles. The minimum Gasteiger partial charge on any atom is -0.494 e. The van der Waals surface area contributed by atoms with E-state index in [4.69, 9.17) is 9.72 Å². The molecular formula is C28H30BrN3O2. The maximum absolute atomic E-state index is 12.3. The number of nitrogens with one attached hydrogen (secondary N) is 1. The van der Waals surface area contributed by atoms with Gasteiger partial charge in [0.1, 0.15) is 11.6 Å². The molecule has 0 bridgehead atoms. The van der Waals surface area contributed by atoms with Gasteiger partial charge in [-0.3, -0.25) is 4.79 Å². The molecule has 0 spiro atoms. The van der Waals surface area contributed by atoms with Gasteiger partial charge in [0.25, 0.3) is 5.91 Å². The zero-order chi connectivity index (χ0) is 23.8. The van der Waals surface area contributed by atoms with Crippen LogP contribution in [0.15, 0.2) is 77.3 Å². The summed E-state index contributed by atoms with van der Waals surface area (Å²) in [6.07, 6.45) is 3.64. The van der Waals surface area contributed by atoms with Crippen molar-refractivity contribution < 1.29 is 9.53 Å².